The van der Waals surface area contributed by atoms with Crippen molar-refractivity contribution in [1.82, 2.24) is 5.43 Å². The molecule has 2 rings (SSSR count). The molecule has 0 aliphatic heterocycles. The molecule has 5 heteroatoms. The number of methoxy groups -OCH3 is 1. The minimum atomic E-state index is -0.0999. The van der Waals surface area contributed by atoms with Crippen molar-refractivity contribution in [2.45, 2.75) is 19.9 Å². The number of thiophene rings is 1. The second kappa shape index (κ2) is 5.92. The van der Waals surface area contributed by atoms with Crippen molar-refractivity contribution in [2.24, 2.45) is 5.84 Å². The Kier molecular flexibility index (Phi) is 4.47. The number of hydrazine groups is 1. The number of benzene rings is 1. The number of hydrogen-bond donors (Lipinski definition) is 2. The molecular formula is C14H17ClN2OS. The molecule has 0 saturated heterocycles. The fraction of sp³-hybridized carbons (Fsp3) is 0.286. The topological polar surface area (TPSA) is 47.3 Å². The molecule has 3 N–H and O–H groups in total. The first-order valence-corrected chi connectivity index (χ1v) is 7.18. The predicted molar refractivity (Wildman–Crippen MR) is 81.0 cm³/mol. The minimum Gasteiger partial charge on any atom is -0.497 e. The molecule has 1 aromatic carbocycles. The first-order valence-electron chi connectivity index (χ1n) is 5.92. The van der Waals surface area contributed by atoms with Gasteiger partial charge in [-0.05, 0) is 48.1 Å². The molecule has 1 unspecified atom stereocenters. The predicted octanol–water partition coefficient (Wildman–Crippen LogP) is 3.58. The van der Waals surface area contributed by atoms with Gasteiger partial charge in [-0.2, -0.15) is 0 Å². The van der Waals surface area contributed by atoms with E-state index in [2.05, 4.69) is 5.43 Å². The highest BCUT2D eigenvalue weighted by Crippen LogP contribution is 2.36. The first-order chi connectivity index (χ1) is 9.08. The van der Waals surface area contributed by atoms with E-state index < -0.39 is 0 Å². The lowest BCUT2D eigenvalue weighted by Crippen LogP contribution is -2.29. The Morgan fingerprint density at radius 3 is 2.53 bits per heavy atom. The quantitative estimate of drug-likeness (QED) is 0.670. The summed E-state index contributed by atoms with van der Waals surface area (Å²) in [5.41, 5.74) is 6.15. The highest BCUT2D eigenvalue weighted by atomic mass is 35.5. The van der Waals surface area contributed by atoms with Crippen molar-refractivity contribution >= 4 is 22.9 Å². The van der Waals surface area contributed by atoms with E-state index in [1.165, 1.54) is 0 Å². The lowest BCUT2D eigenvalue weighted by Gasteiger charge is -2.18. The SMILES string of the molecule is COc1ccc(C(NN)c2scc(C)c2Cl)c(C)c1. The summed E-state index contributed by atoms with van der Waals surface area (Å²) in [5, 5.41) is 2.82. The van der Waals surface area contributed by atoms with Crippen molar-refractivity contribution < 1.29 is 4.74 Å². The lowest BCUT2D eigenvalue weighted by atomic mass is 10.00. The van der Waals surface area contributed by atoms with Gasteiger partial charge in [0.05, 0.1) is 18.2 Å². The zero-order valence-electron chi connectivity index (χ0n) is 11.2. The number of aryl methyl sites for hydroxylation is 2. The standard InChI is InChI=1S/C14H17ClN2OS/c1-8-6-10(18-3)4-5-11(8)13(17-16)14-12(15)9(2)7-19-14/h4-7,13,17H,16H2,1-3H3. The third-order valence-corrected chi connectivity index (χ3v) is 4.92. The van der Waals surface area contributed by atoms with Gasteiger partial charge in [0.15, 0.2) is 0 Å². The third kappa shape index (κ3) is 2.77. The van der Waals surface area contributed by atoms with Crippen LogP contribution in [0.4, 0.5) is 0 Å². The van der Waals surface area contributed by atoms with E-state index in [0.29, 0.717) is 0 Å². The van der Waals surface area contributed by atoms with Gasteiger partial charge in [0.1, 0.15) is 5.75 Å². The van der Waals surface area contributed by atoms with Gasteiger partial charge in [-0.3, -0.25) is 5.84 Å². The van der Waals surface area contributed by atoms with Crippen LogP contribution in [0.3, 0.4) is 0 Å². The Morgan fingerprint density at radius 2 is 2.05 bits per heavy atom. The summed E-state index contributed by atoms with van der Waals surface area (Å²) >= 11 is 7.95. The van der Waals surface area contributed by atoms with Crippen molar-refractivity contribution in [2.75, 3.05) is 7.11 Å². The molecule has 0 spiro atoms. The molecule has 1 atom stereocenters. The molecule has 0 saturated carbocycles. The van der Waals surface area contributed by atoms with Crippen LogP contribution in [0, 0.1) is 13.8 Å². The summed E-state index contributed by atoms with van der Waals surface area (Å²) in [7, 11) is 1.66. The Morgan fingerprint density at radius 1 is 1.32 bits per heavy atom. The first kappa shape index (κ1) is 14.3. The second-order valence-corrected chi connectivity index (χ2v) is 5.71. The van der Waals surface area contributed by atoms with Crippen LogP contribution in [0.15, 0.2) is 23.6 Å². The van der Waals surface area contributed by atoms with Gasteiger partial charge in [-0.1, -0.05) is 17.7 Å². The molecule has 0 amide bonds. The number of rotatable bonds is 4. The van der Waals surface area contributed by atoms with E-state index in [9.17, 15) is 0 Å². The maximum absolute atomic E-state index is 6.33. The minimum absolute atomic E-state index is 0.0999. The van der Waals surface area contributed by atoms with Gasteiger partial charge >= 0.3 is 0 Å². The van der Waals surface area contributed by atoms with Crippen molar-refractivity contribution in [1.29, 1.82) is 0 Å². The summed E-state index contributed by atoms with van der Waals surface area (Å²) in [6, 6.07) is 5.84. The third-order valence-electron chi connectivity index (χ3n) is 3.14. The van der Waals surface area contributed by atoms with Crippen LogP contribution in [-0.2, 0) is 0 Å². The zero-order valence-corrected chi connectivity index (χ0v) is 12.7. The van der Waals surface area contributed by atoms with Crippen LogP contribution in [0.2, 0.25) is 5.02 Å². The lowest BCUT2D eigenvalue weighted by molar-refractivity contribution is 0.414. The van der Waals surface area contributed by atoms with Gasteiger partial charge in [-0.15, -0.1) is 11.3 Å². The summed E-state index contributed by atoms with van der Waals surface area (Å²) < 4.78 is 5.22. The van der Waals surface area contributed by atoms with Crippen molar-refractivity contribution in [3.63, 3.8) is 0 Å². The number of hydrogen-bond acceptors (Lipinski definition) is 4. The summed E-state index contributed by atoms with van der Waals surface area (Å²) in [4.78, 5) is 1.04. The molecule has 19 heavy (non-hydrogen) atoms. The Bertz CT molecular complexity index is 583. The second-order valence-electron chi connectivity index (χ2n) is 4.42. The molecule has 0 radical (unpaired) electrons. The normalized spacial score (nSPS) is 12.5. The van der Waals surface area contributed by atoms with E-state index in [1.807, 2.05) is 37.4 Å². The summed E-state index contributed by atoms with van der Waals surface area (Å²) in [6.45, 7) is 4.04. The molecule has 1 aromatic heterocycles. The molecule has 0 fully saturated rings. The summed E-state index contributed by atoms with van der Waals surface area (Å²) in [6.07, 6.45) is 0. The van der Waals surface area contributed by atoms with Crippen LogP contribution in [0.1, 0.15) is 27.6 Å². The van der Waals surface area contributed by atoms with E-state index in [-0.39, 0.29) is 6.04 Å². The smallest absolute Gasteiger partial charge is 0.119 e. The van der Waals surface area contributed by atoms with Crippen LogP contribution in [-0.4, -0.2) is 7.11 Å². The molecule has 1 heterocycles. The molecule has 0 bridgehead atoms. The van der Waals surface area contributed by atoms with Crippen LogP contribution < -0.4 is 16.0 Å². The van der Waals surface area contributed by atoms with Gasteiger partial charge in [0.2, 0.25) is 0 Å². The monoisotopic (exact) mass is 296 g/mol. The summed E-state index contributed by atoms with van der Waals surface area (Å²) in [5.74, 6) is 6.56. The van der Waals surface area contributed by atoms with Crippen LogP contribution in [0.5, 0.6) is 5.75 Å². The number of nitrogens with one attached hydrogen (secondary N) is 1. The Hall–Kier alpha value is -1.07. The Balaban J connectivity index is 2.45. The van der Waals surface area contributed by atoms with Gasteiger partial charge in [-0.25, -0.2) is 5.43 Å². The fourth-order valence-electron chi connectivity index (χ4n) is 2.05. The average molecular weight is 297 g/mol. The zero-order chi connectivity index (χ0) is 14.0. The van der Waals surface area contributed by atoms with Crippen molar-refractivity contribution in [3.8, 4) is 5.75 Å². The highest BCUT2D eigenvalue weighted by molar-refractivity contribution is 7.10. The van der Waals surface area contributed by atoms with Gasteiger partial charge in [0, 0.05) is 4.88 Å². The maximum atomic E-state index is 6.33. The van der Waals surface area contributed by atoms with Gasteiger partial charge in [0.25, 0.3) is 0 Å². The number of nitrogens with two attached hydrogens (primary N) is 1. The van der Waals surface area contributed by atoms with Crippen LogP contribution in [0.25, 0.3) is 0 Å². The number of halogens is 1. The fourth-order valence-corrected chi connectivity index (χ4v) is 3.43. The number of ether oxygens (including phenoxy) is 1. The van der Waals surface area contributed by atoms with E-state index >= 15 is 0 Å². The average Bonchev–Trinajstić information content (AvgIpc) is 2.73. The van der Waals surface area contributed by atoms with Crippen molar-refractivity contribution in [3.05, 3.63) is 50.2 Å². The molecule has 2 aromatic rings. The molecule has 0 aliphatic carbocycles. The molecule has 0 aliphatic rings. The van der Waals surface area contributed by atoms with E-state index in [1.54, 1.807) is 18.4 Å². The largest absolute Gasteiger partial charge is 0.497 e. The van der Waals surface area contributed by atoms with Crippen LogP contribution >= 0.6 is 22.9 Å². The van der Waals surface area contributed by atoms with E-state index in [4.69, 9.17) is 22.2 Å². The molecular weight excluding hydrogens is 280 g/mol. The van der Waals surface area contributed by atoms with E-state index in [0.717, 1.165) is 32.3 Å². The maximum Gasteiger partial charge on any atom is 0.119 e. The van der Waals surface area contributed by atoms with Gasteiger partial charge < -0.3 is 4.74 Å². The molecule has 3 nitrogen and oxygen atoms in total. The highest BCUT2D eigenvalue weighted by Gasteiger charge is 2.20. The Labute approximate surface area is 122 Å². The molecule has 102 valence electrons.